The molecule has 0 radical (unpaired) electrons. The van der Waals surface area contributed by atoms with E-state index in [0.717, 1.165) is 19.7 Å². The van der Waals surface area contributed by atoms with Crippen molar-refractivity contribution in [1.29, 1.82) is 0 Å². The van der Waals surface area contributed by atoms with E-state index in [1.54, 1.807) is 0 Å². The molecule has 1 aromatic rings. The first-order valence-electron chi connectivity index (χ1n) is 7.00. The third-order valence-corrected chi connectivity index (χ3v) is 3.81. The molecule has 1 aliphatic heterocycles. The number of hydrogen-bond acceptors (Lipinski definition) is 4. The normalized spacial score (nSPS) is 22.7. The van der Waals surface area contributed by atoms with Gasteiger partial charge in [-0.3, -0.25) is 16.2 Å². The van der Waals surface area contributed by atoms with Crippen molar-refractivity contribution in [1.82, 2.24) is 10.3 Å². The minimum atomic E-state index is 0.0430. The average molecular weight is 263 g/mol. The highest BCUT2D eigenvalue weighted by Gasteiger charge is 2.29. The van der Waals surface area contributed by atoms with Gasteiger partial charge in [0.1, 0.15) is 0 Å². The van der Waals surface area contributed by atoms with Crippen molar-refractivity contribution in [3.8, 4) is 0 Å². The smallest absolute Gasteiger partial charge is 0.0909 e. The number of nitrogens with zero attached hydrogens (tertiary/aromatic N) is 1. The third kappa shape index (κ3) is 3.54. The zero-order chi connectivity index (χ0) is 13.8. The van der Waals surface area contributed by atoms with Gasteiger partial charge >= 0.3 is 0 Å². The summed E-state index contributed by atoms with van der Waals surface area (Å²) in [6.45, 7) is 9.23. The van der Waals surface area contributed by atoms with Crippen molar-refractivity contribution in [2.75, 3.05) is 19.7 Å². The van der Waals surface area contributed by atoms with E-state index in [4.69, 9.17) is 10.6 Å². The molecule has 3 N–H and O–H groups in total. The first kappa shape index (κ1) is 14.5. The van der Waals surface area contributed by atoms with Crippen LogP contribution in [0.3, 0.4) is 0 Å². The maximum absolute atomic E-state index is 5.92. The van der Waals surface area contributed by atoms with E-state index in [1.807, 2.05) is 0 Å². The monoisotopic (exact) mass is 263 g/mol. The Morgan fingerprint density at radius 1 is 1.42 bits per heavy atom. The maximum atomic E-state index is 5.92. The minimum absolute atomic E-state index is 0.0430. The van der Waals surface area contributed by atoms with Crippen LogP contribution in [0, 0.1) is 6.92 Å². The fraction of sp³-hybridized carbons (Fsp3) is 0.600. The molecule has 2 atom stereocenters. The van der Waals surface area contributed by atoms with E-state index in [0.29, 0.717) is 6.04 Å². The van der Waals surface area contributed by atoms with E-state index in [-0.39, 0.29) is 12.1 Å². The molecule has 0 aromatic heterocycles. The zero-order valence-electron chi connectivity index (χ0n) is 12.1. The van der Waals surface area contributed by atoms with Crippen LogP contribution in [0.25, 0.3) is 0 Å². The number of aryl methyl sites for hydroxylation is 1. The zero-order valence-corrected chi connectivity index (χ0v) is 12.1. The number of hydrogen-bond donors (Lipinski definition) is 2. The molecular formula is C15H25N3O. The topological polar surface area (TPSA) is 50.5 Å². The molecule has 4 heteroatoms. The third-order valence-electron chi connectivity index (χ3n) is 3.81. The van der Waals surface area contributed by atoms with E-state index in [9.17, 15) is 0 Å². The van der Waals surface area contributed by atoms with E-state index in [1.165, 1.54) is 11.1 Å². The molecule has 2 rings (SSSR count). The molecular weight excluding hydrogens is 238 g/mol. The second-order valence-electron chi connectivity index (χ2n) is 5.56. The number of nitrogens with two attached hydrogens (primary N) is 1. The van der Waals surface area contributed by atoms with Gasteiger partial charge in [-0.1, -0.05) is 29.8 Å². The van der Waals surface area contributed by atoms with Gasteiger partial charge in [-0.25, -0.2) is 0 Å². The predicted octanol–water partition coefficient (Wildman–Crippen LogP) is 1.61. The summed E-state index contributed by atoms with van der Waals surface area (Å²) < 4.78 is 5.92. The van der Waals surface area contributed by atoms with Gasteiger partial charge in [-0.2, -0.15) is 0 Å². The quantitative estimate of drug-likeness (QED) is 0.640. The Balaban J connectivity index is 2.13. The van der Waals surface area contributed by atoms with Crippen molar-refractivity contribution in [3.05, 3.63) is 35.4 Å². The van der Waals surface area contributed by atoms with Crippen LogP contribution in [0.2, 0.25) is 0 Å². The van der Waals surface area contributed by atoms with Crippen molar-refractivity contribution in [2.45, 2.75) is 39.0 Å². The second kappa shape index (κ2) is 6.48. The Bertz CT molecular complexity index is 408. The molecule has 106 valence electrons. The number of ether oxygens (including phenoxy) is 1. The fourth-order valence-corrected chi connectivity index (χ4v) is 2.65. The molecule has 0 amide bonds. The molecule has 0 saturated carbocycles. The molecule has 19 heavy (non-hydrogen) atoms. The van der Waals surface area contributed by atoms with Crippen LogP contribution < -0.4 is 11.3 Å². The van der Waals surface area contributed by atoms with Gasteiger partial charge in [0.05, 0.1) is 18.8 Å². The Morgan fingerprint density at radius 3 is 2.84 bits per heavy atom. The summed E-state index contributed by atoms with van der Waals surface area (Å²) in [5.41, 5.74) is 5.36. The molecule has 1 fully saturated rings. The van der Waals surface area contributed by atoms with Crippen LogP contribution in [-0.2, 0) is 4.74 Å². The van der Waals surface area contributed by atoms with Crippen molar-refractivity contribution < 1.29 is 4.74 Å². The number of hydrazine groups is 1. The number of benzene rings is 1. The SMILES string of the molecule is Cc1cccc(C(NN)C2CN(C(C)C)CCO2)c1. The summed E-state index contributed by atoms with van der Waals surface area (Å²) in [7, 11) is 0. The van der Waals surface area contributed by atoms with Crippen LogP contribution in [0.15, 0.2) is 24.3 Å². The summed E-state index contributed by atoms with van der Waals surface area (Å²) in [6.07, 6.45) is 0.1000. The molecule has 0 spiro atoms. The van der Waals surface area contributed by atoms with Crippen LogP contribution >= 0.6 is 0 Å². The summed E-state index contributed by atoms with van der Waals surface area (Å²) in [4.78, 5) is 2.44. The molecule has 0 bridgehead atoms. The summed E-state index contributed by atoms with van der Waals surface area (Å²) >= 11 is 0. The van der Waals surface area contributed by atoms with Crippen LogP contribution in [-0.4, -0.2) is 36.7 Å². The van der Waals surface area contributed by atoms with E-state index < -0.39 is 0 Å². The number of morpholine rings is 1. The molecule has 1 saturated heterocycles. The Labute approximate surface area is 115 Å². The lowest BCUT2D eigenvalue weighted by Gasteiger charge is -2.38. The molecule has 0 aliphatic carbocycles. The maximum Gasteiger partial charge on any atom is 0.0909 e. The Morgan fingerprint density at radius 2 is 2.21 bits per heavy atom. The van der Waals surface area contributed by atoms with Gasteiger partial charge in [-0.15, -0.1) is 0 Å². The summed E-state index contributed by atoms with van der Waals surface area (Å²) in [5, 5.41) is 0. The highest BCUT2D eigenvalue weighted by molar-refractivity contribution is 5.26. The summed E-state index contributed by atoms with van der Waals surface area (Å²) in [6, 6.07) is 9.03. The van der Waals surface area contributed by atoms with Gasteiger partial charge in [0, 0.05) is 19.1 Å². The lowest BCUT2D eigenvalue weighted by Crippen LogP contribution is -2.51. The van der Waals surface area contributed by atoms with Crippen LogP contribution in [0.1, 0.15) is 31.0 Å². The fourth-order valence-electron chi connectivity index (χ4n) is 2.65. The highest BCUT2D eigenvalue weighted by Crippen LogP contribution is 2.23. The van der Waals surface area contributed by atoms with Gasteiger partial charge in [0.25, 0.3) is 0 Å². The molecule has 1 aliphatic rings. The Kier molecular flexibility index (Phi) is 4.93. The first-order valence-corrected chi connectivity index (χ1v) is 7.00. The van der Waals surface area contributed by atoms with Crippen molar-refractivity contribution >= 4 is 0 Å². The van der Waals surface area contributed by atoms with Crippen molar-refractivity contribution in [2.24, 2.45) is 5.84 Å². The van der Waals surface area contributed by atoms with Gasteiger partial charge in [-0.05, 0) is 26.3 Å². The highest BCUT2D eigenvalue weighted by atomic mass is 16.5. The van der Waals surface area contributed by atoms with Gasteiger partial charge < -0.3 is 4.74 Å². The van der Waals surface area contributed by atoms with Crippen molar-refractivity contribution in [3.63, 3.8) is 0 Å². The Hall–Kier alpha value is -0.940. The minimum Gasteiger partial charge on any atom is -0.374 e. The lowest BCUT2D eigenvalue weighted by atomic mass is 9.98. The molecule has 2 unspecified atom stereocenters. The van der Waals surface area contributed by atoms with Crippen LogP contribution in [0.5, 0.6) is 0 Å². The summed E-state index contributed by atoms with van der Waals surface area (Å²) in [5.74, 6) is 5.76. The first-order chi connectivity index (χ1) is 9.11. The standard InChI is InChI=1S/C15H25N3O/c1-11(2)18-7-8-19-14(10-18)15(17-16)13-6-4-5-12(3)9-13/h4-6,9,11,14-15,17H,7-8,10,16H2,1-3H3. The molecule has 4 nitrogen and oxygen atoms in total. The van der Waals surface area contributed by atoms with E-state index >= 15 is 0 Å². The van der Waals surface area contributed by atoms with E-state index in [2.05, 4.69) is 55.4 Å². The average Bonchev–Trinajstić information content (AvgIpc) is 2.40. The van der Waals surface area contributed by atoms with Crippen LogP contribution in [0.4, 0.5) is 0 Å². The lowest BCUT2D eigenvalue weighted by molar-refractivity contribution is -0.0561. The predicted molar refractivity (Wildman–Crippen MR) is 77.7 cm³/mol. The number of rotatable bonds is 4. The van der Waals surface area contributed by atoms with Gasteiger partial charge in [0.2, 0.25) is 0 Å². The molecule has 1 aromatic carbocycles. The van der Waals surface area contributed by atoms with Gasteiger partial charge in [0.15, 0.2) is 0 Å². The largest absolute Gasteiger partial charge is 0.374 e. The number of nitrogens with one attached hydrogen (secondary N) is 1. The second-order valence-corrected chi connectivity index (χ2v) is 5.56. The molecule has 1 heterocycles.